The summed E-state index contributed by atoms with van der Waals surface area (Å²) in [4.78, 5) is 12.7. The van der Waals surface area contributed by atoms with Gasteiger partial charge in [-0.25, -0.2) is 13.7 Å². The third kappa shape index (κ3) is 4.66. The number of para-hydroxylation sites is 1. The van der Waals surface area contributed by atoms with Crippen LogP contribution >= 0.6 is 15.9 Å². The van der Waals surface area contributed by atoms with Crippen LogP contribution in [0.2, 0.25) is 0 Å². The van der Waals surface area contributed by atoms with Crippen molar-refractivity contribution in [1.29, 1.82) is 5.41 Å². The van der Waals surface area contributed by atoms with Gasteiger partial charge in [-0.2, -0.15) is 18.3 Å². The quantitative estimate of drug-likeness (QED) is 0.190. The first-order chi connectivity index (χ1) is 16.1. The molecule has 14 heteroatoms. The van der Waals surface area contributed by atoms with E-state index in [-0.39, 0.29) is 15.9 Å². The maximum Gasteiger partial charge on any atom is 0.434 e. The maximum absolute atomic E-state index is 13.8. The number of benzene rings is 2. The normalized spacial score (nSPS) is 11.3. The van der Waals surface area contributed by atoms with Crippen molar-refractivity contribution in [1.82, 2.24) is 20.1 Å². The van der Waals surface area contributed by atoms with E-state index < -0.39 is 40.8 Å². The third-order valence-corrected chi connectivity index (χ3v) is 5.04. The van der Waals surface area contributed by atoms with Gasteiger partial charge < -0.3 is 10.6 Å². The molecule has 0 aliphatic heterocycles. The standard InChI is InChI=1S/C20H12BrF4N7O2/c21-13-8-10(6-7-14(13)22)28-17(26)15-18(31-34-30-15)29-19(33)12-9-27-32(16(12)20(23,24)25)11-4-2-1-3-5-11/h1-9H,(H2,26,28)(H,29,31,33). The van der Waals surface area contributed by atoms with Gasteiger partial charge in [-0.15, -0.1) is 0 Å². The van der Waals surface area contributed by atoms with Gasteiger partial charge in [-0.05, 0) is 56.6 Å². The fourth-order valence-electron chi connectivity index (χ4n) is 2.94. The van der Waals surface area contributed by atoms with Crippen molar-refractivity contribution in [3.05, 3.63) is 82.0 Å². The molecular weight excluding hydrogens is 526 g/mol. The van der Waals surface area contributed by atoms with Gasteiger partial charge in [-0.3, -0.25) is 10.2 Å². The Morgan fingerprint density at radius 3 is 2.50 bits per heavy atom. The fraction of sp³-hybridized carbons (Fsp3) is 0.0500. The van der Waals surface area contributed by atoms with Crippen LogP contribution in [0, 0.1) is 11.2 Å². The molecule has 0 aliphatic carbocycles. The van der Waals surface area contributed by atoms with Crippen LogP contribution in [-0.2, 0) is 6.18 Å². The molecule has 2 aromatic carbocycles. The van der Waals surface area contributed by atoms with E-state index in [1.165, 1.54) is 36.4 Å². The highest BCUT2D eigenvalue weighted by Crippen LogP contribution is 2.34. The second kappa shape index (κ2) is 9.05. The molecule has 4 rings (SSSR count). The smallest absolute Gasteiger partial charge is 0.339 e. The molecule has 0 aliphatic rings. The topological polar surface area (TPSA) is 122 Å². The summed E-state index contributed by atoms with van der Waals surface area (Å²) in [5.41, 5.74) is -1.96. The lowest BCUT2D eigenvalue weighted by atomic mass is 10.2. The zero-order valence-electron chi connectivity index (χ0n) is 16.7. The van der Waals surface area contributed by atoms with E-state index in [4.69, 9.17) is 5.41 Å². The molecule has 0 spiro atoms. The highest BCUT2D eigenvalue weighted by molar-refractivity contribution is 9.10. The molecule has 0 saturated heterocycles. The van der Waals surface area contributed by atoms with E-state index in [2.05, 4.69) is 46.6 Å². The molecule has 0 atom stereocenters. The Morgan fingerprint density at radius 1 is 1.09 bits per heavy atom. The lowest BCUT2D eigenvalue weighted by Crippen LogP contribution is -2.22. The Kier molecular flexibility index (Phi) is 6.15. The summed E-state index contributed by atoms with van der Waals surface area (Å²) in [6.07, 6.45) is -4.13. The van der Waals surface area contributed by atoms with Crippen molar-refractivity contribution in [2.45, 2.75) is 6.18 Å². The number of hydrogen-bond donors (Lipinski definition) is 3. The molecule has 34 heavy (non-hydrogen) atoms. The van der Waals surface area contributed by atoms with Gasteiger partial charge in [0.1, 0.15) is 5.82 Å². The van der Waals surface area contributed by atoms with E-state index in [0.29, 0.717) is 10.4 Å². The molecule has 0 fully saturated rings. The van der Waals surface area contributed by atoms with Gasteiger partial charge in [0.2, 0.25) is 5.82 Å². The first-order valence-electron chi connectivity index (χ1n) is 9.30. The van der Waals surface area contributed by atoms with Crippen molar-refractivity contribution in [3.8, 4) is 5.69 Å². The van der Waals surface area contributed by atoms with Crippen molar-refractivity contribution < 1.29 is 27.0 Å². The number of nitrogens with one attached hydrogen (secondary N) is 3. The molecule has 2 heterocycles. The number of amides is 1. The van der Waals surface area contributed by atoms with E-state index >= 15 is 0 Å². The highest BCUT2D eigenvalue weighted by Gasteiger charge is 2.41. The Hall–Kier alpha value is -4.07. The SMILES string of the molecule is N=C(Nc1ccc(F)c(Br)c1)c1nonc1NC(=O)c1cnn(-c2ccccc2)c1C(F)(F)F. The number of alkyl halides is 3. The van der Waals surface area contributed by atoms with Gasteiger partial charge in [-0.1, -0.05) is 18.2 Å². The van der Waals surface area contributed by atoms with Gasteiger partial charge in [0.25, 0.3) is 5.91 Å². The average Bonchev–Trinajstić information content (AvgIpc) is 3.44. The molecule has 0 saturated carbocycles. The number of rotatable bonds is 5. The predicted octanol–water partition coefficient (Wildman–Crippen LogP) is 4.87. The molecule has 0 unspecified atom stereocenters. The van der Waals surface area contributed by atoms with Gasteiger partial charge in [0.05, 0.1) is 21.9 Å². The number of hydrogen-bond acceptors (Lipinski definition) is 6. The third-order valence-electron chi connectivity index (χ3n) is 4.43. The molecule has 3 N–H and O–H groups in total. The number of nitrogens with zero attached hydrogens (tertiary/aromatic N) is 4. The molecule has 9 nitrogen and oxygen atoms in total. The fourth-order valence-corrected chi connectivity index (χ4v) is 3.32. The van der Waals surface area contributed by atoms with E-state index in [0.717, 1.165) is 12.3 Å². The first-order valence-corrected chi connectivity index (χ1v) is 10.1. The van der Waals surface area contributed by atoms with Gasteiger partial charge in [0.15, 0.2) is 17.2 Å². The molecule has 4 aromatic rings. The number of anilines is 2. The molecule has 1 amide bonds. The van der Waals surface area contributed by atoms with Gasteiger partial charge in [0, 0.05) is 5.69 Å². The second-order valence-corrected chi connectivity index (χ2v) is 7.55. The summed E-state index contributed by atoms with van der Waals surface area (Å²) < 4.78 is 60.1. The highest BCUT2D eigenvalue weighted by atomic mass is 79.9. The van der Waals surface area contributed by atoms with Crippen LogP contribution < -0.4 is 10.6 Å². The minimum absolute atomic E-state index is 0.106. The number of aromatic nitrogens is 4. The van der Waals surface area contributed by atoms with Crippen molar-refractivity contribution >= 4 is 39.2 Å². The lowest BCUT2D eigenvalue weighted by Gasteiger charge is -2.12. The first kappa shape index (κ1) is 23.1. The van der Waals surface area contributed by atoms with Crippen molar-refractivity contribution in [2.75, 3.05) is 10.6 Å². The van der Waals surface area contributed by atoms with Crippen molar-refractivity contribution in [2.24, 2.45) is 0 Å². The van der Waals surface area contributed by atoms with Crippen LogP contribution in [0.5, 0.6) is 0 Å². The molecule has 2 aromatic heterocycles. The van der Waals surface area contributed by atoms with Crippen LogP contribution in [0.1, 0.15) is 21.7 Å². The van der Waals surface area contributed by atoms with Crippen LogP contribution in [0.3, 0.4) is 0 Å². The second-order valence-electron chi connectivity index (χ2n) is 6.70. The summed E-state index contributed by atoms with van der Waals surface area (Å²) in [6.45, 7) is 0. The predicted molar refractivity (Wildman–Crippen MR) is 115 cm³/mol. The minimum atomic E-state index is -4.91. The van der Waals surface area contributed by atoms with Gasteiger partial charge >= 0.3 is 6.18 Å². The monoisotopic (exact) mass is 537 g/mol. The van der Waals surface area contributed by atoms with E-state index in [1.54, 1.807) is 6.07 Å². The zero-order valence-corrected chi connectivity index (χ0v) is 18.3. The Balaban J connectivity index is 1.60. The molecular formula is C20H12BrF4N7O2. The molecule has 0 radical (unpaired) electrons. The summed E-state index contributed by atoms with van der Waals surface area (Å²) in [7, 11) is 0. The minimum Gasteiger partial charge on any atom is -0.339 e. The van der Waals surface area contributed by atoms with Crippen LogP contribution in [0.4, 0.5) is 29.1 Å². The Labute approximate surface area is 196 Å². The summed E-state index contributed by atoms with van der Waals surface area (Å²) in [5, 5.41) is 23.6. The maximum atomic E-state index is 13.8. The van der Waals surface area contributed by atoms with Crippen molar-refractivity contribution in [3.63, 3.8) is 0 Å². The number of amidine groups is 1. The largest absolute Gasteiger partial charge is 0.434 e. The number of halogens is 5. The lowest BCUT2D eigenvalue weighted by molar-refractivity contribution is -0.143. The summed E-state index contributed by atoms with van der Waals surface area (Å²) in [6, 6.07) is 11.3. The van der Waals surface area contributed by atoms with Crippen LogP contribution in [0.25, 0.3) is 5.69 Å². The van der Waals surface area contributed by atoms with E-state index in [1.807, 2.05) is 0 Å². The summed E-state index contributed by atoms with van der Waals surface area (Å²) >= 11 is 3.01. The van der Waals surface area contributed by atoms with Crippen LogP contribution in [0.15, 0.2) is 63.8 Å². The van der Waals surface area contributed by atoms with Crippen LogP contribution in [-0.4, -0.2) is 31.8 Å². The molecule has 174 valence electrons. The number of carbonyl (C=O) groups is 1. The Bertz CT molecular complexity index is 1370. The number of carbonyl (C=O) groups excluding carboxylic acids is 1. The van der Waals surface area contributed by atoms with E-state index in [9.17, 15) is 22.4 Å². The zero-order chi connectivity index (χ0) is 24.5. The average molecular weight is 538 g/mol. The Morgan fingerprint density at radius 2 is 1.82 bits per heavy atom. The molecule has 0 bridgehead atoms. The summed E-state index contributed by atoms with van der Waals surface area (Å²) in [5.74, 6) is -2.52.